The summed E-state index contributed by atoms with van der Waals surface area (Å²) in [6, 6.07) is 3.71. The quantitative estimate of drug-likeness (QED) is 0.905. The van der Waals surface area contributed by atoms with Crippen molar-refractivity contribution in [3.63, 3.8) is 0 Å². The third-order valence-electron chi connectivity index (χ3n) is 2.35. The van der Waals surface area contributed by atoms with Crippen LogP contribution < -0.4 is 10.1 Å². The minimum Gasteiger partial charge on any atom is -0.436 e. The number of hydrogen-bond donors (Lipinski definition) is 1. The van der Waals surface area contributed by atoms with E-state index in [0.29, 0.717) is 6.54 Å². The van der Waals surface area contributed by atoms with Crippen molar-refractivity contribution in [1.82, 2.24) is 9.97 Å². The molecular weight excluding hydrogens is 288 g/mol. The van der Waals surface area contributed by atoms with Crippen LogP contribution in [0.2, 0.25) is 5.02 Å². The summed E-state index contributed by atoms with van der Waals surface area (Å²) < 4.78 is 31.8. The molecule has 0 amide bonds. The molecule has 0 saturated heterocycles. The van der Waals surface area contributed by atoms with E-state index >= 15 is 0 Å². The number of nitrogens with zero attached hydrogens (tertiary/aromatic N) is 2. The first-order valence-corrected chi connectivity index (χ1v) is 6.37. The Kier molecular flexibility index (Phi) is 4.68. The largest absolute Gasteiger partial charge is 0.436 e. The summed E-state index contributed by atoms with van der Waals surface area (Å²) in [6.45, 7) is 2.64. The van der Waals surface area contributed by atoms with Crippen molar-refractivity contribution in [2.75, 3.05) is 11.9 Å². The van der Waals surface area contributed by atoms with E-state index in [2.05, 4.69) is 15.3 Å². The SMILES string of the molecule is CCCNc1ncc(F)c(Oc2ccc(F)c(Cl)c2)n1. The van der Waals surface area contributed by atoms with Gasteiger partial charge in [0.05, 0.1) is 11.2 Å². The van der Waals surface area contributed by atoms with Gasteiger partial charge in [-0.1, -0.05) is 18.5 Å². The standard InChI is InChI=1S/C13H12ClF2N3O/c1-2-5-17-13-18-7-11(16)12(19-13)20-8-3-4-10(15)9(14)6-8/h3-4,6-7H,2,5H2,1H3,(H,17,18,19). The second-order valence-corrected chi connectivity index (χ2v) is 4.36. The highest BCUT2D eigenvalue weighted by Gasteiger charge is 2.10. The highest BCUT2D eigenvalue weighted by Crippen LogP contribution is 2.26. The lowest BCUT2D eigenvalue weighted by Gasteiger charge is -2.08. The third kappa shape index (κ3) is 3.54. The van der Waals surface area contributed by atoms with Crippen LogP contribution >= 0.6 is 11.6 Å². The normalized spacial score (nSPS) is 10.4. The van der Waals surface area contributed by atoms with E-state index in [4.69, 9.17) is 16.3 Å². The van der Waals surface area contributed by atoms with Crippen molar-refractivity contribution in [3.05, 3.63) is 41.1 Å². The molecule has 0 aliphatic heterocycles. The fourth-order valence-electron chi connectivity index (χ4n) is 1.40. The van der Waals surface area contributed by atoms with Crippen LogP contribution in [-0.4, -0.2) is 16.5 Å². The molecule has 7 heteroatoms. The Morgan fingerprint density at radius 2 is 2.10 bits per heavy atom. The van der Waals surface area contributed by atoms with Crippen molar-refractivity contribution in [2.24, 2.45) is 0 Å². The molecule has 1 heterocycles. The molecular formula is C13H12ClF2N3O. The number of halogens is 3. The molecule has 0 radical (unpaired) electrons. The molecule has 0 aliphatic carbocycles. The number of rotatable bonds is 5. The number of hydrogen-bond acceptors (Lipinski definition) is 4. The van der Waals surface area contributed by atoms with Crippen molar-refractivity contribution < 1.29 is 13.5 Å². The van der Waals surface area contributed by atoms with E-state index in [9.17, 15) is 8.78 Å². The van der Waals surface area contributed by atoms with Crippen LogP contribution in [0.3, 0.4) is 0 Å². The van der Waals surface area contributed by atoms with E-state index in [1.165, 1.54) is 12.1 Å². The van der Waals surface area contributed by atoms with Crippen LogP contribution in [0, 0.1) is 11.6 Å². The molecule has 0 aliphatic rings. The van der Waals surface area contributed by atoms with Gasteiger partial charge in [0.25, 0.3) is 5.88 Å². The van der Waals surface area contributed by atoms with E-state index in [-0.39, 0.29) is 22.6 Å². The zero-order chi connectivity index (χ0) is 14.5. The summed E-state index contributed by atoms with van der Waals surface area (Å²) in [6.07, 6.45) is 1.88. The first-order valence-electron chi connectivity index (χ1n) is 5.99. The van der Waals surface area contributed by atoms with Gasteiger partial charge in [-0.05, 0) is 18.6 Å². The molecule has 2 rings (SSSR count). The number of ether oxygens (including phenoxy) is 1. The summed E-state index contributed by atoms with van der Waals surface area (Å²) in [4.78, 5) is 7.69. The minimum absolute atomic E-state index is 0.110. The van der Waals surface area contributed by atoms with Gasteiger partial charge >= 0.3 is 0 Å². The molecule has 1 aromatic heterocycles. The number of aromatic nitrogens is 2. The summed E-state index contributed by atoms with van der Waals surface area (Å²) >= 11 is 5.63. The maximum atomic E-state index is 13.6. The predicted molar refractivity (Wildman–Crippen MR) is 72.3 cm³/mol. The van der Waals surface area contributed by atoms with Crippen molar-refractivity contribution >= 4 is 17.5 Å². The van der Waals surface area contributed by atoms with Gasteiger partial charge in [0.1, 0.15) is 11.6 Å². The molecule has 20 heavy (non-hydrogen) atoms. The van der Waals surface area contributed by atoms with Gasteiger partial charge in [0.15, 0.2) is 0 Å². The Bertz CT molecular complexity index is 610. The molecule has 2 aromatic rings. The average Bonchev–Trinajstić information content (AvgIpc) is 2.44. The zero-order valence-electron chi connectivity index (χ0n) is 10.7. The Balaban J connectivity index is 2.20. The van der Waals surface area contributed by atoms with E-state index < -0.39 is 11.6 Å². The summed E-state index contributed by atoms with van der Waals surface area (Å²) in [5.74, 6) is -1.09. The lowest BCUT2D eigenvalue weighted by molar-refractivity contribution is 0.420. The van der Waals surface area contributed by atoms with Crippen molar-refractivity contribution in [3.8, 4) is 11.6 Å². The molecule has 0 unspecified atom stereocenters. The van der Waals surface area contributed by atoms with Gasteiger partial charge in [-0.25, -0.2) is 9.37 Å². The molecule has 0 bridgehead atoms. The van der Waals surface area contributed by atoms with Crippen LogP contribution in [0.4, 0.5) is 14.7 Å². The number of nitrogens with one attached hydrogen (secondary N) is 1. The lowest BCUT2D eigenvalue weighted by atomic mass is 10.3. The van der Waals surface area contributed by atoms with Crippen LogP contribution in [-0.2, 0) is 0 Å². The predicted octanol–water partition coefficient (Wildman–Crippen LogP) is 4.02. The topological polar surface area (TPSA) is 47.0 Å². The second-order valence-electron chi connectivity index (χ2n) is 3.95. The third-order valence-corrected chi connectivity index (χ3v) is 2.64. The monoisotopic (exact) mass is 299 g/mol. The molecule has 0 fully saturated rings. The van der Waals surface area contributed by atoms with E-state index in [1.807, 2.05) is 6.92 Å². The second kappa shape index (κ2) is 6.47. The smallest absolute Gasteiger partial charge is 0.260 e. The highest BCUT2D eigenvalue weighted by molar-refractivity contribution is 6.30. The summed E-state index contributed by atoms with van der Waals surface area (Å²) in [5.41, 5.74) is 0. The van der Waals surface area contributed by atoms with Gasteiger partial charge < -0.3 is 10.1 Å². The maximum absolute atomic E-state index is 13.6. The molecule has 0 spiro atoms. The first kappa shape index (κ1) is 14.5. The van der Waals surface area contributed by atoms with E-state index in [1.54, 1.807) is 0 Å². The average molecular weight is 300 g/mol. The Labute approximate surface area is 119 Å². The summed E-state index contributed by atoms with van der Waals surface area (Å²) in [5, 5.41) is 2.80. The van der Waals surface area contributed by atoms with Gasteiger partial charge in [-0.15, -0.1) is 0 Å². The van der Waals surface area contributed by atoms with Gasteiger partial charge in [0.2, 0.25) is 11.8 Å². The minimum atomic E-state index is -0.715. The van der Waals surface area contributed by atoms with Crippen molar-refractivity contribution in [2.45, 2.75) is 13.3 Å². The van der Waals surface area contributed by atoms with Gasteiger partial charge in [-0.2, -0.15) is 9.37 Å². The number of benzene rings is 1. The fraction of sp³-hybridized carbons (Fsp3) is 0.231. The van der Waals surface area contributed by atoms with Gasteiger partial charge in [-0.3, -0.25) is 0 Å². The molecule has 1 aromatic carbocycles. The molecule has 0 saturated carbocycles. The first-order chi connectivity index (χ1) is 9.60. The maximum Gasteiger partial charge on any atom is 0.260 e. The van der Waals surface area contributed by atoms with Crippen LogP contribution in [0.5, 0.6) is 11.6 Å². The fourth-order valence-corrected chi connectivity index (χ4v) is 1.57. The molecule has 1 N–H and O–H groups in total. The summed E-state index contributed by atoms with van der Waals surface area (Å²) in [7, 11) is 0. The Morgan fingerprint density at radius 1 is 1.30 bits per heavy atom. The van der Waals surface area contributed by atoms with E-state index in [0.717, 1.165) is 18.7 Å². The van der Waals surface area contributed by atoms with Crippen LogP contribution in [0.1, 0.15) is 13.3 Å². The van der Waals surface area contributed by atoms with Crippen molar-refractivity contribution in [1.29, 1.82) is 0 Å². The highest BCUT2D eigenvalue weighted by atomic mass is 35.5. The number of anilines is 1. The van der Waals surface area contributed by atoms with Crippen LogP contribution in [0.25, 0.3) is 0 Å². The van der Waals surface area contributed by atoms with Crippen LogP contribution in [0.15, 0.2) is 24.4 Å². The molecule has 0 atom stereocenters. The Hall–Kier alpha value is -1.95. The van der Waals surface area contributed by atoms with Gasteiger partial charge in [0, 0.05) is 12.6 Å². The zero-order valence-corrected chi connectivity index (χ0v) is 11.4. The Morgan fingerprint density at radius 3 is 2.80 bits per heavy atom. The molecule has 106 valence electrons. The lowest BCUT2D eigenvalue weighted by Crippen LogP contribution is -2.05. The molecule has 4 nitrogen and oxygen atoms in total.